The zero-order chi connectivity index (χ0) is 24.2. The van der Waals surface area contributed by atoms with E-state index in [1.807, 2.05) is 0 Å². The fourth-order valence-corrected chi connectivity index (χ4v) is 4.26. The van der Waals surface area contributed by atoms with E-state index in [-0.39, 0.29) is 17.7 Å². The zero-order valence-electron chi connectivity index (χ0n) is 18.7. The molecule has 0 bridgehead atoms. The molecule has 2 aromatic carbocycles. The molecular formula is C24H21N3O6S. The van der Waals surface area contributed by atoms with Crippen LogP contribution >= 0.6 is 11.3 Å². The van der Waals surface area contributed by atoms with Gasteiger partial charge in [0.2, 0.25) is 0 Å². The van der Waals surface area contributed by atoms with Crippen LogP contribution in [0.5, 0.6) is 11.5 Å². The van der Waals surface area contributed by atoms with E-state index in [0.29, 0.717) is 33.1 Å². The minimum atomic E-state index is -0.668. The molecule has 4 rings (SSSR count). The number of anilines is 1. The number of nitrogens with one attached hydrogen (secondary N) is 1. The first-order valence-corrected chi connectivity index (χ1v) is 11.2. The van der Waals surface area contributed by atoms with Crippen LogP contribution in [0, 0.1) is 0 Å². The van der Waals surface area contributed by atoms with Gasteiger partial charge in [0.1, 0.15) is 16.5 Å². The van der Waals surface area contributed by atoms with Crippen LogP contribution in [0.3, 0.4) is 0 Å². The maximum Gasteiger partial charge on any atom is 0.359 e. The van der Waals surface area contributed by atoms with Crippen molar-refractivity contribution in [2.75, 3.05) is 26.1 Å². The van der Waals surface area contributed by atoms with Crippen LogP contribution in [-0.2, 0) is 4.74 Å². The Morgan fingerprint density at radius 3 is 2.47 bits per heavy atom. The highest BCUT2D eigenvalue weighted by molar-refractivity contribution is 7.16. The van der Waals surface area contributed by atoms with Crippen molar-refractivity contribution in [2.45, 2.75) is 6.92 Å². The summed E-state index contributed by atoms with van der Waals surface area (Å²) in [7, 11) is 3.04. The zero-order valence-corrected chi connectivity index (χ0v) is 19.5. The first kappa shape index (κ1) is 23.0. The van der Waals surface area contributed by atoms with Crippen molar-refractivity contribution in [3.63, 3.8) is 0 Å². The van der Waals surface area contributed by atoms with Gasteiger partial charge in [0, 0.05) is 16.3 Å². The van der Waals surface area contributed by atoms with Gasteiger partial charge in [-0.25, -0.2) is 4.79 Å². The standard InChI is InChI=1S/C24H21N3O6S/c1-4-33-24(30)20-18-13-34-22(25-21(28)14-6-5-7-17(12-14)32-3)19(18)23(29)27(26-20)15-8-10-16(31-2)11-9-15/h5-13H,4H2,1-3H3,(H,25,28). The van der Waals surface area contributed by atoms with Gasteiger partial charge in [0.05, 0.1) is 31.9 Å². The van der Waals surface area contributed by atoms with Crippen molar-refractivity contribution < 1.29 is 23.8 Å². The molecule has 0 saturated carbocycles. The largest absolute Gasteiger partial charge is 0.497 e. The molecule has 4 aromatic rings. The molecule has 0 saturated heterocycles. The minimum Gasteiger partial charge on any atom is -0.497 e. The Morgan fingerprint density at radius 2 is 1.79 bits per heavy atom. The molecule has 0 aliphatic heterocycles. The van der Waals surface area contributed by atoms with E-state index in [2.05, 4.69) is 10.4 Å². The average Bonchev–Trinajstić information content (AvgIpc) is 3.28. The van der Waals surface area contributed by atoms with Crippen molar-refractivity contribution in [1.82, 2.24) is 9.78 Å². The van der Waals surface area contributed by atoms with E-state index in [1.54, 1.807) is 60.8 Å². The molecule has 1 amide bonds. The average molecular weight is 480 g/mol. The number of thiophene rings is 1. The van der Waals surface area contributed by atoms with Crippen molar-refractivity contribution >= 4 is 39.0 Å². The molecule has 34 heavy (non-hydrogen) atoms. The monoisotopic (exact) mass is 479 g/mol. The van der Waals surface area contributed by atoms with E-state index in [1.165, 1.54) is 14.2 Å². The summed E-state index contributed by atoms with van der Waals surface area (Å²) in [6.45, 7) is 1.83. The van der Waals surface area contributed by atoms with E-state index in [0.717, 1.165) is 16.0 Å². The van der Waals surface area contributed by atoms with Crippen molar-refractivity contribution in [2.24, 2.45) is 0 Å². The fourth-order valence-electron chi connectivity index (χ4n) is 3.33. The molecule has 2 aromatic heterocycles. The number of hydrogen-bond donors (Lipinski definition) is 1. The molecule has 0 spiro atoms. The highest BCUT2D eigenvalue weighted by Gasteiger charge is 2.23. The van der Waals surface area contributed by atoms with Crippen LogP contribution in [-0.4, -0.2) is 42.5 Å². The number of hydrogen-bond acceptors (Lipinski definition) is 8. The predicted octanol–water partition coefficient (Wildman–Crippen LogP) is 3.89. The molecular weight excluding hydrogens is 458 g/mol. The molecule has 0 fully saturated rings. The first-order valence-electron chi connectivity index (χ1n) is 10.3. The van der Waals surface area contributed by atoms with E-state index < -0.39 is 17.4 Å². The number of benzene rings is 2. The summed E-state index contributed by atoms with van der Waals surface area (Å²) >= 11 is 1.13. The number of aromatic nitrogens is 2. The maximum absolute atomic E-state index is 13.5. The summed E-state index contributed by atoms with van der Waals surface area (Å²) in [4.78, 5) is 39.0. The van der Waals surface area contributed by atoms with Gasteiger partial charge >= 0.3 is 5.97 Å². The topological polar surface area (TPSA) is 109 Å². The lowest BCUT2D eigenvalue weighted by Gasteiger charge is -2.10. The maximum atomic E-state index is 13.5. The molecule has 1 N–H and O–H groups in total. The normalized spacial score (nSPS) is 10.7. The minimum absolute atomic E-state index is 0.0228. The number of esters is 1. The second-order valence-corrected chi connectivity index (χ2v) is 7.90. The lowest BCUT2D eigenvalue weighted by molar-refractivity contribution is 0.0520. The number of carbonyl (C=O) groups is 2. The van der Waals surface area contributed by atoms with Crippen LogP contribution in [0.15, 0.2) is 58.7 Å². The van der Waals surface area contributed by atoms with Gasteiger partial charge in [-0.2, -0.15) is 9.78 Å². The van der Waals surface area contributed by atoms with Gasteiger partial charge < -0.3 is 19.5 Å². The smallest absolute Gasteiger partial charge is 0.359 e. The van der Waals surface area contributed by atoms with E-state index in [4.69, 9.17) is 14.2 Å². The summed E-state index contributed by atoms with van der Waals surface area (Å²) in [6.07, 6.45) is 0. The second kappa shape index (κ2) is 9.75. The summed E-state index contributed by atoms with van der Waals surface area (Å²) in [5.74, 6) is 0.0374. The number of fused-ring (bicyclic) bond motifs is 1. The molecule has 0 aliphatic carbocycles. The van der Waals surface area contributed by atoms with E-state index in [9.17, 15) is 14.4 Å². The first-order chi connectivity index (χ1) is 16.5. The molecule has 0 atom stereocenters. The van der Waals surface area contributed by atoms with Crippen molar-refractivity contribution in [1.29, 1.82) is 0 Å². The molecule has 9 nitrogen and oxygen atoms in total. The summed E-state index contributed by atoms with van der Waals surface area (Å²) in [6, 6.07) is 13.3. The van der Waals surface area contributed by atoms with Crippen LogP contribution in [0.25, 0.3) is 16.5 Å². The Labute approximate surface area is 198 Å². The summed E-state index contributed by atoms with van der Waals surface area (Å²) in [5.41, 5.74) is 0.270. The van der Waals surface area contributed by atoms with Crippen LogP contribution in [0.2, 0.25) is 0 Å². The third-order valence-corrected chi connectivity index (χ3v) is 5.89. The van der Waals surface area contributed by atoms with Crippen LogP contribution in [0.1, 0.15) is 27.8 Å². The highest BCUT2D eigenvalue weighted by Crippen LogP contribution is 2.31. The molecule has 10 heteroatoms. The van der Waals surface area contributed by atoms with Gasteiger partial charge in [0.25, 0.3) is 11.5 Å². The summed E-state index contributed by atoms with van der Waals surface area (Å²) in [5, 5.41) is 9.43. The number of nitrogens with zero attached hydrogens (tertiary/aromatic N) is 2. The Kier molecular flexibility index (Phi) is 6.60. The third kappa shape index (κ3) is 4.35. The third-order valence-electron chi connectivity index (χ3n) is 5.00. The molecule has 0 radical (unpaired) electrons. The van der Waals surface area contributed by atoms with E-state index >= 15 is 0 Å². The highest BCUT2D eigenvalue weighted by atomic mass is 32.1. The van der Waals surface area contributed by atoms with Gasteiger partial charge in [-0.15, -0.1) is 11.3 Å². The van der Waals surface area contributed by atoms with Gasteiger partial charge in [-0.05, 0) is 49.4 Å². The SMILES string of the molecule is CCOC(=O)c1nn(-c2ccc(OC)cc2)c(=O)c2c(NC(=O)c3cccc(OC)c3)scc12. The molecule has 0 unspecified atom stereocenters. The fraction of sp³-hybridized carbons (Fsp3) is 0.167. The van der Waals surface area contributed by atoms with Crippen molar-refractivity contribution in [3.05, 3.63) is 75.5 Å². The quantitative estimate of drug-likeness (QED) is 0.401. The van der Waals surface area contributed by atoms with Crippen LogP contribution < -0.4 is 20.3 Å². The lowest BCUT2D eigenvalue weighted by atomic mass is 10.2. The Morgan fingerprint density at radius 1 is 1.06 bits per heavy atom. The second-order valence-electron chi connectivity index (χ2n) is 7.02. The number of ether oxygens (including phenoxy) is 3. The number of rotatable bonds is 7. The van der Waals surface area contributed by atoms with Gasteiger partial charge in [0.15, 0.2) is 5.69 Å². The van der Waals surface area contributed by atoms with Crippen LogP contribution in [0.4, 0.5) is 5.00 Å². The Balaban J connectivity index is 1.85. The molecule has 0 aliphatic rings. The summed E-state index contributed by atoms with van der Waals surface area (Å²) < 4.78 is 16.6. The number of amides is 1. The molecule has 174 valence electrons. The van der Waals surface area contributed by atoms with Gasteiger partial charge in [-0.3, -0.25) is 9.59 Å². The number of methoxy groups -OCH3 is 2. The van der Waals surface area contributed by atoms with Gasteiger partial charge in [-0.1, -0.05) is 6.07 Å². The predicted molar refractivity (Wildman–Crippen MR) is 129 cm³/mol. The molecule has 2 heterocycles. The van der Waals surface area contributed by atoms with Crippen molar-refractivity contribution in [3.8, 4) is 17.2 Å². The Hall–Kier alpha value is -4.18. The lowest BCUT2D eigenvalue weighted by Crippen LogP contribution is -2.25. The Bertz CT molecular complexity index is 1430. The number of carbonyl (C=O) groups excluding carboxylic acids is 2.